The summed E-state index contributed by atoms with van der Waals surface area (Å²) in [7, 11) is 0. The van der Waals surface area contributed by atoms with Crippen LogP contribution in [0.2, 0.25) is 15.1 Å². The molecule has 0 spiro atoms. The van der Waals surface area contributed by atoms with Crippen LogP contribution in [0.3, 0.4) is 0 Å². The van der Waals surface area contributed by atoms with E-state index in [1.807, 2.05) is 0 Å². The Balaban J connectivity index is 1.81. The van der Waals surface area contributed by atoms with Crippen LogP contribution in [0.4, 0.5) is 0 Å². The number of hydrogen-bond donors (Lipinski definition) is 0. The van der Waals surface area contributed by atoms with Crippen molar-refractivity contribution in [2.24, 2.45) is 0 Å². The third-order valence-corrected chi connectivity index (χ3v) is 3.98. The van der Waals surface area contributed by atoms with Crippen LogP contribution in [-0.2, 0) is 6.54 Å². The maximum absolute atomic E-state index is 12.5. The van der Waals surface area contributed by atoms with E-state index in [2.05, 4.69) is 4.98 Å². The van der Waals surface area contributed by atoms with Crippen LogP contribution in [0.25, 0.3) is 10.9 Å². The molecule has 0 N–H and O–H groups in total. The average Bonchev–Trinajstić information content (AvgIpc) is 2.50. The van der Waals surface area contributed by atoms with E-state index in [0.29, 0.717) is 44.9 Å². The SMILES string of the molecule is O=c1c2cc(Cl)cc(Cl)c2ncn1CCOc1cccc(Cl)c1. The normalized spacial score (nSPS) is 10.9. The topological polar surface area (TPSA) is 44.1 Å². The Labute approximate surface area is 147 Å². The molecule has 118 valence electrons. The van der Waals surface area contributed by atoms with Crippen molar-refractivity contribution in [3.63, 3.8) is 0 Å². The highest BCUT2D eigenvalue weighted by Gasteiger charge is 2.09. The van der Waals surface area contributed by atoms with E-state index in [0.717, 1.165) is 0 Å². The van der Waals surface area contributed by atoms with Crippen molar-refractivity contribution in [3.05, 3.63) is 68.1 Å². The number of aromatic nitrogens is 2. The number of rotatable bonds is 4. The molecule has 3 rings (SSSR count). The zero-order chi connectivity index (χ0) is 16.4. The van der Waals surface area contributed by atoms with Crippen LogP contribution in [0.1, 0.15) is 0 Å². The maximum Gasteiger partial charge on any atom is 0.261 e. The zero-order valence-corrected chi connectivity index (χ0v) is 14.1. The predicted molar refractivity (Wildman–Crippen MR) is 93.0 cm³/mol. The van der Waals surface area contributed by atoms with Gasteiger partial charge in [-0.2, -0.15) is 0 Å². The first kappa shape index (κ1) is 16.1. The summed E-state index contributed by atoms with van der Waals surface area (Å²) < 4.78 is 7.04. The van der Waals surface area contributed by atoms with Crippen molar-refractivity contribution in [1.29, 1.82) is 0 Å². The van der Waals surface area contributed by atoms with Crippen LogP contribution in [0.5, 0.6) is 5.75 Å². The molecule has 0 aliphatic heterocycles. The van der Waals surface area contributed by atoms with Gasteiger partial charge in [-0.25, -0.2) is 4.98 Å². The molecule has 0 saturated heterocycles. The lowest BCUT2D eigenvalue weighted by atomic mass is 10.2. The summed E-state index contributed by atoms with van der Waals surface area (Å²) >= 11 is 17.9. The second-order valence-electron chi connectivity index (χ2n) is 4.83. The van der Waals surface area contributed by atoms with Crippen molar-refractivity contribution in [2.45, 2.75) is 6.54 Å². The van der Waals surface area contributed by atoms with Gasteiger partial charge in [0.2, 0.25) is 0 Å². The molecular weight excluding hydrogens is 359 g/mol. The van der Waals surface area contributed by atoms with Gasteiger partial charge in [0.05, 0.1) is 28.8 Å². The lowest BCUT2D eigenvalue weighted by Gasteiger charge is -2.09. The van der Waals surface area contributed by atoms with Crippen LogP contribution < -0.4 is 10.3 Å². The summed E-state index contributed by atoms with van der Waals surface area (Å²) in [6.45, 7) is 0.653. The zero-order valence-electron chi connectivity index (χ0n) is 11.8. The first-order chi connectivity index (χ1) is 11.0. The van der Waals surface area contributed by atoms with Crippen LogP contribution in [0.15, 0.2) is 47.5 Å². The van der Waals surface area contributed by atoms with Crippen molar-refractivity contribution in [3.8, 4) is 5.75 Å². The molecule has 23 heavy (non-hydrogen) atoms. The Morgan fingerprint density at radius 3 is 2.70 bits per heavy atom. The first-order valence-corrected chi connectivity index (χ1v) is 7.90. The number of fused-ring (bicyclic) bond motifs is 1. The fourth-order valence-corrected chi connectivity index (χ4v) is 2.90. The van der Waals surface area contributed by atoms with Crippen molar-refractivity contribution < 1.29 is 4.74 Å². The molecule has 0 fully saturated rings. The van der Waals surface area contributed by atoms with Gasteiger partial charge in [-0.1, -0.05) is 40.9 Å². The van der Waals surface area contributed by atoms with Gasteiger partial charge >= 0.3 is 0 Å². The predicted octanol–water partition coefficient (Wildman–Crippen LogP) is 4.44. The maximum atomic E-state index is 12.5. The summed E-state index contributed by atoms with van der Waals surface area (Å²) in [5.41, 5.74) is 0.224. The Kier molecular flexibility index (Phi) is 4.76. The molecule has 1 aromatic heterocycles. The van der Waals surface area contributed by atoms with Gasteiger partial charge in [-0.05, 0) is 30.3 Å². The standard InChI is InChI=1S/C16H11Cl3N2O2/c17-10-2-1-3-12(6-10)23-5-4-21-9-20-15-13(16(21)22)7-11(18)8-14(15)19/h1-3,6-9H,4-5H2. The van der Waals surface area contributed by atoms with Gasteiger partial charge < -0.3 is 4.74 Å². The van der Waals surface area contributed by atoms with E-state index in [-0.39, 0.29) is 5.56 Å². The van der Waals surface area contributed by atoms with Crippen molar-refractivity contribution >= 4 is 45.7 Å². The van der Waals surface area contributed by atoms with Crippen molar-refractivity contribution in [2.75, 3.05) is 6.61 Å². The molecule has 0 aliphatic carbocycles. The smallest absolute Gasteiger partial charge is 0.261 e. The fourth-order valence-electron chi connectivity index (χ4n) is 2.17. The first-order valence-electron chi connectivity index (χ1n) is 6.77. The second kappa shape index (κ2) is 6.79. The van der Waals surface area contributed by atoms with Crippen LogP contribution in [0, 0.1) is 0 Å². The van der Waals surface area contributed by atoms with E-state index < -0.39 is 0 Å². The molecule has 0 bridgehead atoms. The Hall–Kier alpha value is -1.75. The summed E-state index contributed by atoms with van der Waals surface area (Å²) in [6, 6.07) is 10.2. The molecule has 0 aliphatic rings. The van der Waals surface area contributed by atoms with E-state index in [9.17, 15) is 4.79 Å². The molecule has 0 atom stereocenters. The van der Waals surface area contributed by atoms with E-state index in [4.69, 9.17) is 39.5 Å². The summed E-state index contributed by atoms with van der Waals surface area (Å²) in [6.07, 6.45) is 1.45. The Bertz CT molecular complexity index is 925. The molecule has 1 heterocycles. The van der Waals surface area contributed by atoms with E-state index >= 15 is 0 Å². The van der Waals surface area contributed by atoms with Gasteiger partial charge in [0.25, 0.3) is 5.56 Å². The minimum Gasteiger partial charge on any atom is -0.492 e. The quantitative estimate of drug-likeness (QED) is 0.683. The molecule has 0 amide bonds. The average molecular weight is 370 g/mol. The van der Waals surface area contributed by atoms with E-state index in [1.165, 1.54) is 10.9 Å². The van der Waals surface area contributed by atoms with Gasteiger partial charge in [0.1, 0.15) is 12.4 Å². The largest absolute Gasteiger partial charge is 0.492 e. The minimum absolute atomic E-state index is 0.214. The third-order valence-electron chi connectivity index (χ3n) is 3.24. The number of benzene rings is 2. The lowest BCUT2D eigenvalue weighted by molar-refractivity contribution is 0.296. The monoisotopic (exact) mass is 368 g/mol. The molecular formula is C16H11Cl3N2O2. The summed E-state index contributed by atoms with van der Waals surface area (Å²) in [5.74, 6) is 0.644. The Morgan fingerprint density at radius 1 is 1.09 bits per heavy atom. The second-order valence-corrected chi connectivity index (χ2v) is 6.11. The fraction of sp³-hybridized carbons (Fsp3) is 0.125. The van der Waals surface area contributed by atoms with Crippen molar-refractivity contribution in [1.82, 2.24) is 9.55 Å². The highest BCUT2D eigenvalue weighted by atomic mass is 35.5. The number of halogens is 3. The van der Waals surface area contributed by atoms with Crippen LogP contribution in [-0.4, -0.2) is 16.2 Å². The van der Waals surface area contributed by atoms with E-state index in [1.54, 1.807) is 36.4 Å². The molecule has 7 heteroatoms. The minimum atomic E-state index is -0.214. The third kappa shape index (κ3) is 3.61. The summed E-state index contributed by atoms with van der Waals surface area (Å²) in [4.78, 5) is 16.7. The highest BCUT2D eigenvalue weighted by molar-refractivity contribution is 6.38. The molecule has 0 unspecified atom stereocenters. The number of ether oxygens (including phenoxy) is 1. The molecule has 2 aromatic carbocycles. The van der Waals surface area contributed by atoms with Gasteiger partial charge in [0.15, 0.2) is 0 Å². The molecule has 0 saturated carbocycles. The molecule has 3 aromatic rings. The number of hydrogen-bond acceptors (Lipinski definition) is 3. The van der Waals surface area contributed by atoms with Gasteiger partial charge in [-0.15, -0.1) is 0 Å². The highest BCUT2D eigenvalue weighted by Crippen LogP contribution is 2.24. The Morgan fingerprint density at radius 2 is 1.91 bits per heavy atom. The van der Waals surface area contributed by atoms with Gasteiger partial charge in [0, 0.05) is 10.0 Å². The summed E-state index contributed by atoms with van der Waals surface area (Å²) in [5, 5.41) is 1.73. The van der Waals surface area contributed by atoms with Crippen LogP contribution >= 0.6 is 34.8 Å². The molecule has 4 nitrogen and oxygen atoms in total. The molecule has 0 radical (unpaired) electrons. The lowest BCUT2D eigenvalue weighted by Crippen LogP contribution is -2.23. The number of nitrogens with zero attached hydrogens (tertiary/aromatic N) is 2. The van der Waals surface area contributed by atoms with Gasteiger partial charge in [-0.3, -0.25) is 9.36 Å².